The summed E-state index contributed by atoms with van der Waals surface area (Å²) >= 11 is 0. The average molecular weight is 254 g/mol. The van der Waals surface area contributed by atoms with Crippen molar-refractivity contribution >= 4 is 5.78 Å². The van der Waals surface area contributed by atoms with E-state index in [-0.39, 0.29) is 5.78 Å². The van der Waals surface area contributed by atoms with E-state index in [1.165, 1.54) is 16.7 Å². The third-order valence-electron chi connectivity index (χ3n) is 3.14. The molecule has 98 valence electrons. The van der Waals surface area contributed by atoms with Gasteiger partial charge in [0.25, 0.3) is 0 Å². The summed E-state index contributed by atoms with van der Waals surface area (Å²) in [7, 11) is 0. The molecule has 0 saturated carbocycles. The predicted molar refractivity (Wildman–Crippen MR) is 76.7 cm³/mol. The summed E-state index contributed by atoms with van der Waals surface area (Å²) in [4.78, 5) is 11.3. The molecule has 0 fully saturated rings. The molecular formula is C17H18O2. The van der Waals surface area contributed by atoms with Gasteiger partial charge in [0.1, 0.15) is 12.4 Å². The molecule has 0 radical (unpaired) electrons. The Labute approximate surface area is 114 Å². The first-order valence-corrected chi connectivity index (χ1v) is 6.36. The van der Waals surface area contributed by atoms with Crippen molar-refractivity contribution in [3.05, 3.63) is 64.7 Å². The number of hydrogen-bond donors (Lipinski definition) is 0. The van der Waals surface area contributed by atoms with Gasteiger partial charge in [-0.3, -0.25) is 4.79 Å². The summed E-state index contributed by atoms with van der Waals surface area (Å²) in [6.07, 6.45) is 0. The minimum atomic E-state index is 0.0530. The zero-order chi connectivity index (χ0) is 13.8. The van der Waals surface area contributed by atoms with Crippen molar-refractivity contribution in [2.45, 2.75) is 27.4 Å². The van der Waals surface area contributed by atoms with Crippen molar-refractivity contribution in [2.75, 3.05) is 0 Å². The van der Waals surface area contributed by atoms with Crippen LogP contribution in [0, 0.1) is 13.8 Å². The van der Waals surface area contributed by atoms with Crippen molar-refractivity contribution in [2.24, 2.45) is 0 Å². The maximum absolute atomic E-state index is 11.3. The molecule has 0 heterocycles. The van der Waals surface area contributed by atoms with Gasteiger partial charge in [0.15, 0.2) is 5.78 Å². The molecule has 0 N–H and O–H groups in total. The summed E-state index contributed by atoms with van der Waals surface area (Å²) in [5, 5.41) is 0. The van der Waals surface area contributed by atoms with E-state index in [9.17, 15) is 4.79 Å². The zero-order valence-electron chi connectivity index (χ0n) is 11.6. The topological polar surface area (TPSA) is 26.3 Å². The highest BCUT2D eigenvalue weighted by Gasteiger charge is 2.03. The molecule has 0 saturated heterocycles. The summed E-state index contributed by atoms with van der Waals surface area (Å²) in [6.45, 7) is 6.22. The molecule has 2 rings (SSSR count). The Morgan fingerprint density at radius 1 is 1.11 bits per heavy atom. The van der Waals surface area contributed by atoms with Crippen LogP contribution in [0.15, 0.2) is 42.5 Å². The van der Waals surface area contributed by atoms with Gasteiger partial charge in [0, 0.05) is 5.56 Å². The molecule has 0 atom stereocenters. The second-order valence-electron chi connectivity index (χ2n) is 4.80. The number of Topliss-reactive ketones (excluding diaryl/α,β-unsaturated/α-hetero) is 1. The van der Waals surface area contributed by atoms with Crippen molar-refractivity contribution in [3.63, 3.8) is 0 Å². The molecule has 0 spiro atoms. The lowest BCUT2D eigenvalue weighted by atomic mass is 10.1. The SMILES string of the molecule is CC(=O)c1cccc(OCc2cc(C)ccc2C)c1. The van der Waals surface area contributed by atoms with Crippen molar-refractivity contribution < 1.29 is 9.53 Å². The third-order valence-corrected chi connectivity index (χ3v) is 3.14. The number of rotatable bonds is 4. The Morgan fingerprint density at radius 3 is 2.63 bits per heavy atom. The molecule has 2 aromatic carbocycles. The van der Waals surface area contributed by atoms with E-state index in [0.29, 0.717) is 12.2 Å². The molecular weight excluding hydrogens is 236 g/mol. The minimum Gasteiger partial charge on any atom is -0.489 e. The third kappa shape index (κ3) is 3.44. The molecule has 0 bridgehead atoms. The van der Waals surface area contributed by atoms with Crippen LogP contribution in [0.5, 0.6) is 5.75 Å². The maximum Gasteiger partial charge on any atom is 0.159 e. The van der Waals surface area contributed by atoms with Gasteiger partial charge in [-0.05, 0) is 44.0 Å². The predicted octanol–water partition coefficient (Wildman–Crippen LogP) is 4.09. The number of benzene rings is 2. The number of ether oxygens (including phenoxy) is 1. The van der Waals surface area contributed by atoms with E-state index in [2.05, 4.69) is 32.0 Å². The quantitative estimate of drug-likeness (QED) is 0.768. The molecule has 0 unspecified atom stereocenters. The van der Waals surface area contributed by atoms with Gasteiger partial charge in [-0.25, -0.2) is 0 Å². The molecule has 0 amide bonds. The van der Waals surface area contributed by atoms with Gasteiger partial charge in [-0.1, -0.05) is 35.9 Å². The highest BCUT2D eigenvalue weighted by Crippen LogP contribution is 2.17. The largest absolute Gasteiger partial charge is 0.489 e. The van der Waals surface area contributed by atoms with Crippen LogP contribution in [0.2, 0.25) is 0 Å². The van der Waals surface area contributed by atoms with E-state index in [4.69, 9.17) is 4.74 Å². The number of ketones is 1. The first-order chi connectivity index (χ1) is 9.06. The molecule has 2 nitrogen and oxygen atoms in total. The normalized spacial score (nSPS) is 10.3. The van der Waals surface area contributed by atoms with Gasteiger partial charge in [-0.2, -0.15) is 0 Å². The molecule has 0 aliphatic carbocycles. The standard InChI is InChI=1S/C17H18O2/c1-12-7-8-13(2)16(9-12)11-19-17-6-4-5-15(10-17)14(3)18/h4-10H,11H2,1-3H3. The maximum atomic E-state index is 11.3. The van der Waals surface area contributed by atoms with Crippen molar-refractivity contribution in [3.8, 4) is 5.75 Å². The monoisotopic (exact) mass is 254 g/mol. The average Bonchev–Trinajstić information content (AvgIpc) is 2.40. The Balaban J connectivity index is 2.12. The fourth-order valence-corrected chi connectivity index (χ4v) is 1.92. The number of carbonyl (C=O) groups excluding carboxylic acids is 1. The van der Waals surface area contributed by atoms with Crippen LogP contribution in [0.4, 0.5) is 0 Å². The van der Waals surface area contributed by atoms with Crippen molar-refractivity contribution in [1.29, 1.82) is 0 Å². The van der Waals surface area contributed by atoms with E-state index in [0.717, 1.165) is 5.75 Å². The second kappa shape index (κ2) is 5.70. The van der Waals surface area contributed by atoms with Gasteiger partial charge >= 0.3 is 0 Å². The van der Waals surface area contributed by atoms with Crippen molar-refractivity contribution in [1.82, 2.24) is 0 Å². The first-order valence-electron chi connectivity index (χ1n) is 6.36. The summed E-state index contributed by atoms with van der Waals surface area (Å²) in [5.41, 5.74) is 4.29. The Kier molecular flexibility index (Phi) is 4.00. The molecule has 2 aromatic rings. The highest BCUT2D eigenvalue weighted by molar-refractivity contribution is 5.94. The number of carbonyl (C=O) groups is 1. The van der Waals surface area contributed by atoms with Crippen LogP contribution in [0.3, 0.4) is 0 Å². The number of hydrogen-bond acceptors (Lipinski definition) is 2. The van der Waals surface area contributed by atoms with E-state index >= 15 is 0 Å². The lowest BCUT2D eigenvalue weighted by molar-refractivity contribution is 0.101. The lowest BCUT2D eigenvalue weighted by Gasteiger charge is -2.10. The van der Waals surface area contributed by atoms with E-state index in [1.807, 2.05) is 12.1 Å². The molecule has 0 aliphatic rings. The Hall–Kier alpha value is -2.09. The fourth-order valence-electron chi connectivity index (χ4n) is 1.92. The van der Waals surface area contributed by atoms with Crippen LogP contribution in [0.1, 0.15) is 34.0 Å². The molecule has 0 aromatic heterocycles. The zero-order valence-corrected chi connectivity index (χ0v) is 11.6. The molecule has 2 heteroatoms. The highest BCUT2D eigenvalue weighted by atomic mass is 16.5. The fraction of sp³-hybridized carbons (Fsp3) is 0.235. The van der Waals surface area contributed by atoms with Crippen LogP contribution >= 0.6 is 0 Å². The summed E-state index contributed by atoms with van der Waals surface area (Å²) in [5.74, 6) is 0.783. The minimum absolute atomic E-state index is 0.0530. The van der Waals surface area contributed by atoms with Crippen LogP contribution < -0.4 is 4.74 Å². The van der Waals surface area contributed by atoms with Gasteiger partial charge < -0.3 is 4.74 Å². The lowest BCUT2D eigenvalue weighted by Crippen LogP contribution is -1.99. The Bertz CT molecular complexity index is 600. The Morgan fingerprint density at radius 2 is 1.89 bits per heavy atom. The first kappa shape index (κ1) is 13.3. The molecule has 19 heavy (non-hydrogen) atoms. The van der Waals surface area contributed by atoms with Crippen LogP contribution in [-0.2, 0) is 6.61 Å². The van der Waals surface area contributed by atoms with Gasteiger partial charge in [0.2, 0.25) is 0 Å². The van der Waals surface area contributed by atoms with E-state index < -0.39 is 0 Å². The van der Waals surface area contributed by atoms with Crippen LogP contribution in [-0.4, -0.2) is 5.78 Å². The second-order valence-corrected chi connectivity index (χ2v) is 4.80. The smallest absolute Gasteiger partial charge is 0.159 e. The van der Waals surface area contributed by atoms with Gasteiger partial charge in [0.05, 0.1) is 0 Å². The van der Waals surface area contributed by atoms with Crippen LogP contribution in [0.25, 0.3) is 0 Å². The van der Waals surface area contributed by atoms with E-state index in [1.54, 1.807) is 19.1 Å². The summed E-state index contributed by atoms with van der Waals surface area (Å²) < 4.78 is 5.77. The van der Waals surface area contributed by atoms with Gasteiger partial charge in [-0.15, -0.1) is 0 Å². The number of aryl methyl sites for hydroxylation is 2. The molecule has 0 aliphatic heterocycles. The summed E-state index contributed by atoms with van der Waals surface area (Å²) in [6, 6.07) is 13.6.